The predicted molar refractivity (Wildman–Crippen MR) is 68.6 cm³/mol. The molecule has 0 aromatic carbocycles. The van der Waals surface area contributed by atoms with Gasteiger partial charge in [-0.05, 0) is 12.3 Å². The van der Waals surface area contributed by atoms with Crippen molar-refractivity contribution in [3.63, 3.8) is 0 Å². The smallest absolute Gasteiger partial charge is 0.227 e. The minimum absolute atomic E-state index is 0.0826. The third-order valence-electron chi connectivity index (χ3n) is 2.70. The van der Waals surface area contributed by atoms with Crippen LogP contribution < -0.4 is 11.1 Å². The predicted octanol–water partition coefficient (Wildman–Crippen LogP) is 1.67. The Balaban J connectivity index is 2.44. The minimum Gasteiger partial charge on any atom is -0.327 e. The van der Waals surface area contributed by atoms with Gasteiger partial charge in [0.05, 0.1) is 0 Å². The number of aryl methyl sites for hydroxylation is 1. The Morgan fingerprint density at radius 3 is 2.88 bits per heavy atom. The maximum absolute atomic E-state index is 11.6. The van der Waals surface area contributed by atoms with Gasteiger partial charge in [-0.3, -0.25) is 9.89 Å². The molecule has 1 unspecified atom stereocenters. The van der Waals surface area contributed by atoms with Crippen molar-refractivity contribution in [2.75, 3.05) is 5.32 Å². The monoisotopic (exact) mass is 238 g/mol. The van der Waals surface area contributed by atoms with E-state index in [1.165, 1.54) is 0 Å². The molecule has 1 atom stereocenters. The number of hydrogen-bond donors (Lipinski definition) is 3. The Kier molecular flexibility index (Phi) is 5.15. The number of nitrogens with two attached hydrogens (primary N) is 1. The molecule has 4 N–H and O–H groups in total. The van der Waals surface area contributed by atoms with Gasteiger partial charge in [0.25, 0.3) is 0 Å². The van der Waals surface area contributed by atoms with Crippen molar-refractivity contribution >= 4 is 11.7 Å². The number of aromatic nitrogens is 2. The van der Waals surface area contributed by atoms with Crippen molar-refractivity contribution in [1.29, 1.82) is 0 Å². The number of rotatable bonds is 6. The molecule has 5 heteroatoms. The van der Waals surface area contributed by atoms with Crippen molar-refractivity contribution in [2.45, 2.75) is 46.1 Å². The standard InChI is InChI=1S/C12H22N4O/c1-4-5-9-6-11(16-15-9)14-12(17)7-10(13)8(2)3/h6,8,10H,4-5,7,13H2,1-3H3,(H2,14,15,16,17). The van der Waals surface area contributed by atoms with Gasteiger partial charge >= 0.3 is 0 Å². The van der Waals surface area contributed by atoms with Crippen LogP contribution in [0.5, 0.6) is 0 Å². The van der Waals surface area contributed by atoms with Crippen LogP contribution in [0, 0.1) is 5.92 Å². The minimum atomic E-state index is -0.107. The molecule has 0 aliphatic rings. The summed E-state index contributed by atoms with van der Waals surface area (Å²) in [5.41, 5.74) is 6.87. The lowest BCUT2D eigenvalue weighted by Crippen LogP contribution is -2.31. The molecule has 17 heavy (non-hydrogen) atoms. The molecule has 0 aliphatic heterocycles. The topological polar surface area (TPSA) is 83.8 Å². The molecule has 1 heterocycles. The zero-order valence-electron chi connectivity index (χ0n) is 10.8. The molecule has 1 aromatic heterocycles. The van der Waals surface area contributed by atoms with Crippen molar-refractivity contribution in [3.8, 4) is 0 Å². The van der Waals surface area contributed by atoms with Crippen LogP contribution in [0.25, 0.3) is 0 Å². The maximum Gasteiger partial charge on any atom is 0.227 e. The summed E-state index contributed by atoms with van der Waals surface area (Å²) in [7, 11) is 0. The van der Waals surface area contributed by atoms with E-state index in [9.17, 15) is 4.79 Å². The Hall–Kier alpha value is -1.36. The van der Waals surface area contributed by atoms with Gasteiger partial charge < -0.3 is 11.1 Å². The van der Waals surface area contributed by atoms with Crippen LogP contribution in [-0.2, 0) is 11.2 Å². The first-order valence-corrected chi connectivity index (χ1v) is 6.12. The zero-order chi connectivity index (χ0) is 12.8. The molecule has 0 fully saturated rings. The van der Waals surface area contributed by atoms with Crippen LogP contribution in [0.15, 0.2) is 6.07 Å². The van der Waals surface area contributed by atoms with Gasteiger partial charge in [-0.2, -0.15) is 5.10 Å². The van der Waals surface area contributed by atoms with Gasteiger partial charge in [0.2, 0.25) is 5.91 Å². The molecule has 1 aromatic rings. The second-order valence-electron chi connectivity index (χ2n) is 4.69. The van der Waals surface area contributed by atoms with Crippen molar-refractivity contribution < 1.29 is 4.79 Å². The number of hydrogen-bond acceptors (Lipinski definition) is 3. The van der Waals surface area contributed by atoms with E-state index in [-0.39, 0.29) is 11.9 Å². The van der Waals surface area contributed by atoms with E-state index in [1.54, 1.807) is 0 Å². The molecule has 0 bridgehead atoms. The molecular weight excluding hydrogens is 216 g/mol. The largest absolute Gasteiger partial charge is 0.327 e. The Morgan fingerprint density at radius 1 is 1.59 bits per heavy atom. The van der Waals surface area contributed by atoms with E-state index in [1.807, 2.05) is 19.9 Å². The molecule has 0 radical (unpaired) electrons. The first kappa shape index (κ1) is 13.7. The van der Waals surface area contributed by atoms with Gasteiger partial charge in [0, 0.05) is 24.2 Å². The highest BCUT2D eigenvalue weighted by Crippen LogP contribution is 2.09. The summed E-state index contributed by atoms with van der Waals surface area (Å²) in [4.78, 5) is 11.6. The quantitative estimate of drug-likeness (QED) is 0.705. The normalized spacial score (nSPS) is 12.8. The van der Waals surface area contributed by atoms with Crippen LogP contribution >= 0.6 is 0 Å². The number of anilines is 1. The number of nitrogens with one attached hydrogen (secondary N) is 2. The first-order valence-electron chi connectivity index (χ1n) is 6.12. The summed E-state index contributed by atoms with van der Waals surface area (Å²) in [5.74, 6) is 0.797. The lowest BCUT2D eigenvalue weighted by Gasteiger charge is -2.14. The van der Waals surface area contributed by atoms with E-state index in [0.29, 0.717) is 18.2 Å². The molecule has 0 aliphatic carbocycles. The highest BCUT2D eigenvalue weighted by molar-refractivity contribution is 5.90. The van der Waals surface area contributed by atoms with Gasteiger partial charge in [0.15, 0.2) is 5.82 Å². The van der Waals surface area contributed by atoms with Gasteiger partial charge in [-0.15, -0.1) is 0 Å². The summed E-state index contributed by atoms with van der Waals surface area (Å²) < 4.78 is 0. The van der Waals surface area contributed by atoms with E-state index in [4.69, 9.17) is 5.73 Å². The summed E-state index contributed by atoms with van der Waals surface area (Å²) >= 11 is 0. The number of nitrogens with zero attached hydrogens (tertiary/aromatic N) is 1. The van der Waals surface area contributed by atoms with E-state index < -0.39 is 0 Å². The fourth-order valence-electron chi connectivity index (χ4n) is 1.47. The van der Waals surface area contributed by atoms with Crippen LogP contribution in [-0.4, -0.2) is 22.1 Å². The molecule has 1 amide bonds. The van der Waals surface area contributed by atoms with E-state index in [0.717, 1.165) is 18.5 Å². The van der Waals surface area contributed by atoms with Crippen LogP contribution in [0.3, 0.4) is 0 Å². The van der Waals surface area contributed by atoms with E-state index in [2.05, 4.69) is 22.4 Å². The summed E-state index contributed by atoms with van der Waals surface area (Å²) in [6.07, 6.45) is 2.32. The SMILES string of the molecule is CCCc1cc(NC(=O)CC(N)C(C)C)n[nH]1. The van der Waals surface area contributed by atoms with Gasteiger partial charge in [-0.25, -0.2) is 0 Å². The summed E-state index contributed by atoms with van der Waals surface area (Å²) in [6.45, 7) is 6.11. The molecule has 0 spiro atoms. The summed E-state index contributed by atoms with van der Waals surface area (Å²) in [6, 6.07) is 1.76. The summed E-state index contributed by atoms with van der Waals surface area (Å²) in [5, 5.41) is 9.67. The molecule has 1 rings (SSSR count). The lowest BCUT2D eigenvalue weighted by molar-refractivity contribution is -0.116. The number of carbonyl (C=O) groups is 1. The average Bonchev–Trinajstić information content (AvgIpc) is 2.65. The average molecular weight is 238 g/mol. The highest BCUT2D eigenvalue weighted by atomic mass is 16.1. The molecule has 0 saturated heterocycles. The third kappa shape index (κ3) is 4.56. The first-order chi connectivity index (χ1) is 8.02. The van der Waals surface area contributed by atoms with Crippen LogP contribution in [0.4, 0.5) is 5.82 Å². The number of carbonyl (C=O) groups excluding carboxylic acids is 1. The number of aromatic amines is 1. The third-order valence-corrected chi connectivity index (χ3v) is 2.70. The van der Waals surface area contributed by atoms with Crippen molar-refractivity contribution in [1.82, 2.24) is 10.2 Å². The van der Waals surface area contributed by atoms with Crippen LogP contribution in [0.1, 0.15) is 39.3 Å². The number of amides is 1. The molecular formula is C12H22N4O. The van der Waals surface area contributed by atoms with Crippen LogP contribution in [0.2, 0.25) is 0 Å². The Labute approximate surface area is 102 Å². The second kappa shape index (κ2) is 6.39. The van der Waals surface area contributed by atoms with Gasteiger partial charge in [-0.1, -0.05) is 27.2 Å². The van der Waals surface area contributed by atoms with Crippen molar-refractivity contribution in [3.05, 3.63) is 11.8 Å². The van der Waals surface area contributed by atoms with E-state index >= 15 is 0 Å². The zero-order valence-corrected chi connectivity index (χ0v) is 10.8. The highest BCUT2D eigenvalue weighted by Gasteiger charge is 2.13. The maximum atomic E-state index is 11.6. The molecule has 96 valence electrons. The number of H-pyrrole nitrogens is 1. The second-order valence-corrected chi connectivity index (χ2v) is 4.69. The van der Waals surface area contributed by atoms with Gasteiger partial charge in [0.1, 0.15) is 0 Å². The van der Waals surface area contributed by atoms with Crippen molar-refractivity contribution in [2.24, 2.45) is 11.7 Å². The fraction of sp³-hybridized carbons (Fsp3) is 0.667. The lowest BCUT2D eigenvalue weighted by atomic mass is 10.0. The molecule has 0 saturated carbocycles. The Bertz CT molecular complexity index is 359. The fourth-order valence-corrected chi connectivity index (χ4v) is 1.47. The Morgan fingerprint density at radius 2 is 2.29 bits per heavy atom. The molecule has 5 nitrogen and oxygen atoms in total.